The van der Waals surface area contributed by atoms with Crippen molar-refractivity contribution in [2.24, 2.45) is 7.05 Å². The number of Topliss-reactive ketones (excluding diaryl/α,β-unsaturated/α-hetero) is 1. The van der Waals surface area contributed by atoms with Crippen molar-refractivity contribution >= 4 is 35.1 Å². The van der Waals surface area contributed by atoms with Crippen molar-refractivity contribution in [3.63, 3.8) is 0 Å². The van der Waals surface area contributed by atoms with Gasteiger partial charge in [0.25, 0.3) is 5.91 Å². The van der Waals surface area contributed by atoms with E-state index in [4.69, 9.17) is 16.3 Å². The molecule has 162 valence electrons. The number of amides is 1. The van der Waals surface area contributed by atoms with Gasteiger partial charge in [-0.1, -0.05) is 23.4 Å². The number of carbonyl (C=O) groups is 2. The van der Waals surface area contributed by atoms with Crippen molar-refractivity contribution < 1.29 is 19.4 Å². The molecule has 0 aliphatic rings. The quantitative estimate of drug-likeness (QED) is 0.373. The van der Waals surface area contributed by atoms with E-state index in [1.54, 1.807) is 67.3 Å². The summed E-state index contributed by atoms with van der Waals surface area (Å²) in [5, 5.41) is 21.8. The lowest BCUT2D eigenvalue weighted by Gasteiger charge is -2.16. The number of aliphatic hydroxyl groups is 1. The molecule has 0 bridgehead atoms. The van der Waals surface area contributed by atoms with E-state index in [0.29, 0.717) is 32.9 Å². The minimum absolute atomic E-state index is 0.0715. The van der Waals surface area contributed by atoms with E-state index < -0.39 is 6.04 Å². The van der Waals surface area contributed by atoms with Crippen LogP contribution >= 0.6 is 23.4 Å². The molecule has 0 fully saturated rings. The Morgan fingerprint density at radius 2 is 1.77 bits per heavy atom. The summed E-state index contributed by atoms with van der Waals surface area (Å²) in [4.78, 5) is 24.9. The standard InChI is InChI=1S/C21H21ClN4O4S/c1-26-19(17(11-27)23-20(29)14-5-9-16(30-2)10-6-14)24-25-21(26)31-12-18(28)13-3-7-15(22)8-4-13/h3-10,17,27H,11-12H2,1-2H3,(H,23,29). The number of thioether (sulfide) groups is 1. The number of carbonyl (C=O) groups excluding carboxylic acids is 2. The van der Waals surface area contributed by atoms with E-state index in [0.717, 1.165) is 0 Å². The second kappa shape index (κ2) is 10.4. The van der Waals surface area contributed by atoms with E-state index in [1.165, 1.54) is 11.8 Å². The maximum Gasteiger partial charge on any atom is 0.251 e. The van der Waals surface area contributed by atoms with Crippen molar-refractivity contribution in [2.45, 2.75) is 11.2 Å². The molecule has 0 spiro atoms. The van der Waals surface area contributed by atoms with Gasteiger partial charge in [0.2, 0.25) is 0 Å². The van der Waals surface area contributed by atoms with Crippen molar-refractivity contribution in [3.05, 3.63) is 70.5 Å². The average Bonchev–Trinajstić information content (AvgIpc) is 3.16. The number of rotatable bonds is 9. The maximum absolute atomic E-state index is 12.5. The van der Waals surface area contributed by atoms with Gasteiger partial charge in [0.1, 0.15) is 11.8 Å². The van der Waals surface area contributed by atoms with Crippen LogP contribution in [0.4, 0.5) is 0 Å². The van der Waals surface area contributed by atoms with Gasteiger partial charge >= 0.3 is 0 Å². The first-order chi connectivity index (χ1) is 14.9. The molecule has 0 aliphatic carbocycles. The molecule has 3 rings (SSSR count). The fraction of sp³-hybridized carbons (Fsp3) is 0.238. The molecule has 8 nitrogen and oxygen atoms in total. The van der Waals surface area contributed by atoms with Crippen LogP contribution in [-0.4, -0.2) is 51.0 Å². The zero-order valence-electron chi connectivity index (χ0n) is 16.9. The van der Waals surface area contributed by atoms with Crippen LogP contribution in [0.15, 0.2) is 53.7 Å². The summed E-state index contributed by atoms with van der Waals surface area (Å²) in [6, 6.07) is 12.5. The number of nitrogens with zero attached hydrogens (tertiary/aromatic N) is 3. The Balaban J connectivity index is 1.65. The molecule has 10 heteroatoms. The summed E-state index contributed by atoms with van der Waals surface area (Å²) in [6.45, 7) is -0.359. The normalized spacial score (nSPS) is 11.7. The number of benzene rings is 2. The maximum atomic E-state index is 12.5. The van der Waals surface area contributed by atoms with Crippen molar-refractivity contribution in [2.75, 3.05) is 19.5 Å². The van der Waals surface area contributed by atoms with Gasteiger partial charge < -0.3 is 19.7 Å². The highest BCUT2D eigenvalue weighted by Gasteiger charge is 2.22. The van der Waals surface area contributed by atoms with Gasteiger partial charge in [-0.3, -0.25) is 9.59 Å². The molecular weight excluding hydrogens is 440 g/mol. The highest BCUT2D eigenvalue weighted by atomic mass is 35.5. The first kappa shape index (κ1) is 22.8. The van der Waals surface area contributed by atoms with E-state index in [1.807, 2.05) is 0 Å². The van der Waals surface area contributed by atoms with Crippen LogP contribution in [0.3, 0.4) is 0 Å². The molecule has 31 heavy (non-hydrogen) atoms. The number of hydrogen-bond donors (Lipinski definition) is 2. The van der Waals surface area contributed by atoms with Gasteiger partial charge in [-0.2, -0.15) is 0 Å². The van der Waals surface area contributed by atoms with E-state index >= 15 is 0 Å². The van der Waals surface area contributed by atoms with E-state index in [2.05, 4.69) is 15.5 Å². The number of ether oxygens (including phenoxy) is 1. The Labute approximate surface area is 188 Å². The molecular formula is C21H21ClN4O4S. The number of methoxy groups -OCH3 is 1. The third kappa shape index (κ3) is 5.63. The molecule has 1 heterocycles. The number of halogens is 1. The number of ketones is 1. The molecule has 2 aromatic carbocycles. The molecule has 2 N–H and O–H groups in total. The Morgan fingerprint density at radius 3 is 2.39 bits per heavy atom. The van der Waals surface area contributed by atoms with Crippen LogP contribution in [0.1, 0.15) is 32.6 Å². The Morgan fingerprint density at radius 1 is 1.13 bits per heavy atom. The minimum atomic E-state index is -0.756. The molecule has 3 aromatic rings. The van der Waals surface area contributed by atoms with Gasteiger partial charge in [0, 0.05) is 23.2 Å². The van der Waals surface area contributed by atoms with E-state index in [-0.39, 0.29) is 24.1 Å². The molecule has 1 amide bonds. The minimum Gasteiger partial charge on any atom is -0.497 e. The van der Waals surface area contributed by atoms with E-state index in [9.17, 15) is 14.7 Å². The number of nitrogens with one attached hydrogen (secondary N) is 1. The highest BCUT2D eigenvalue weighted by molar-refractivity contribution is 7.99. The fourth-order valence-corrected chi connectivity index (χ4v) is 3.72. The predicted molar refractivity (Wildman–Crippen MR) is 118 cm³/mol. The monoisotopic (exact) mass is 460 g/mol. The molecule has 1 aromatic heterocycles. The van der Waals surface area contributed by atoms with Gasteiger partial charge in [-0.05, 0) is 48.5 Å². The lowest BCUT2D eigenvalue weighted by Crippen LogP contribution is -2.32. The van der Waals surface area contributed by atoms with Crippen LogP contribution in [0.25, 0.3) is 0 Å². The molecule has 1 unspecified atom stereocenters. The van der Waals surface area contributed by atoms with Crippen LogP contribution in [0.5, 0.6) is 5.75 Å². The third-order valence-corrected chi connectivity index (χ3v) is 5.79. The van der Waals surface area contributed by atoms with Crippen LogP contribution < -0.4 is 10.1 Å². The third-order valence-electron chi connectivity index (χ3n) is 4.52. The predicted octanol–water partition coefficient (Wildman–Crippen LogP) is 2.92. The molecule has 0 aliphatic heterocycles. The zero-order chi connectivity index (χ0) is 22.4. The SMILES string of the molecule is COc1ccc(C(=O)NC(CO)c2nnc(SCC(=O)c3ccc(Cl)cc3)n2C)cc1. The number of aromatic nitrogens is 3. The number of aliphatic hydroxyl groups excluding tert-OH is 1. The van der Waals surface area contributed by atoms with Crippen LogP contribution in [-0.2, 0) is 7.05 Å². The smallest absolute Gasteiger partial charge is 0.251 e. The lowest BCUT2D eigenvalue weighted by molar-refractivity contribution is 0.0911. The fourth-order valence-electron chi connectivity index (χ4n) is 2.78. The van der Waals surface area contributed by atoms with Crippen molar-refractivity contribution in [1.29, 1.82) is 0 Å². The van der Waals surface area contributed by atoms with Gasteiger partial charge in [-0.15, -0.1) is 10.2 Å². The zero-order valence-corrected chi connectivity index (χ0v) is 18.5. The second-order valence-electron chi connectivity index (χ2n) is 6.56. The summed E-state index contributed by atoms with van der Waals surface area (Å²) in [6.07, 6.45) is 0. The average molecular weight is 461 g/mol. The highest BCUT2D eigenvalue weighted by Crippen LogP contribution is 2.21. The molecule has 0 radical (unpaired) electrons. The van der Waals surface area contributed by atoms with Gasteiger partial charge in [-0.25, -0.2) is 0 Å². The Kier molecular flexibility index (Phi) is 7.67. The summed E-state index contributed by atoms with van der Waals surface area (Å²) in [5.41, 5.74) is 0.976. The van der Waals surface area contributed by atoms with Gasteiger partial charge in [0.05, 0.1) is 19.5 Å². The lowest BCUT2D eigenvalue weighted by atomic mass is 10.1. The van der Waals surface area contributed by atoms with Crippen LogP contribution in [0, 0.1) is 0 Å². The summed E-state index contributed by atoms with van der Waals surface area (Å²) < 4.78 is 6.73. The summed E-state index contributed by atoms with van der Waals surface area (Å²) >= 11 is 7.07. The first-order valence-corrected chi connectivity index (χ1v) is 10.7. The first-order valence-electron chi connectivity index (χ1n) is 9.29. The number of hydrogen-bond acceptors (Lipinski definition) is 7. The molecule has 1 atom stereocenters. The topological polar surface area (TPSA) is 106 Å². The molecule has 0 saturated heterocycles. The Hall–Kier alpha value is -2.88. The van der Waals surface area contributed by atoms with Crippen LogP contribution in [0.2, 0.25) is 5.02 Å². The van der Waals surface area contributed by atoms with Crippen molar-refractivity contribution in [1.82, 2.24) is 20.1 Å². The largest absolute Gasteiger partial charge is 0.497 e. The Bertz CT molecular complexity index is 1050. The summed E-state index contributed by atoms with van der Waals surface area (Å²) in [5.74, 6) is 0.744. The van der Waals surface area contributed by atoms with Crippen molar-refractivity contribution in [3.8, 4) is 5.75 Å². The summed E-state index contributed by atoms with van der Waals surface area (Å²) in [7, 11) is 3.26. The van der Waals surface area contributed by atoms with Gasteiger partial charge in [0.15, 0.2) is 16.8 Å². The second-order valence-corrected chi connectivity index (χ2v) is 7.93. The molecule has 0 saturated carbocycles.